The molecule has 2 atom stereocenters. The molecule has 1 aliphatic rings. The summed E-state index contributed by atoms with van der Waals surface area (Å²) >= 11 is 0. The zero-order chi connectivity index (χ0) is 11.3. The van der Waals surface area contributed by atoms with Crippen molar-refractivity contribution in [2.24, 2.45) is 0 Å². The average molecular weight is 214 g/mol. The van der Waals surface area contributed by atoms with E-state index in [1.54, 1.807) is 0 Å². The van der Waals surface area contributed by atoms with E-state index in [0.29, 0.717) is 19.1 Å². The van der Waals surface area contributed by atoms with Gasteiger partial charge in [0.15, 0.2) is 0 Å². The average Bonchev–Trinajstić information content (AvgIpc) is 2.52. The second-order valence-corrected chi connectivity index (χ2v) is 4.30. The van der Waals surface area contributed by atoms with Crippen molar-refractivity contribution < 1.29 is 9.90 Å². The van der Waals surface area contributed by atoms with E-state index in [9.17, 15) is 9.90 Å². The van der Waals surface area contributed by atoms with Crippen LogP contribution in [0.3, 0.4) is 0 Å². The maximum absolute atomic E-state index is 11.4. The Balaban J connectivity index is 2.35. The largest absolute Gasteiger partial charge is 0.393 e. The predicted molar refractivity (Wildman–Crippen MR) is 59.6 cm³/mol. The van der Waals surface area contributed by atoms with Crippen molar-refractivity contribution in [3.63, 3.8) is 0 Å². The number of hydrogen-bond donors (Lipinski definition) is 2. The number of carbonyl (C=O) groups excluding carboxylic acids is 1. The van der Waals surface area contributed by atoms with Gasteiger partial charge >= 0.3 is 0 Å². The molecule has 1 fully saturated rings. The van der Waals surface area contributed by atoms with Gasteiger partial charge in [0.2, 0.25) is 5.91 Å². The van der Waals surface area contributed by atoms with E-state index in [2.05, 4.69) is 10.2 Å². The molecule has 0 saturated carbocycles. The molecule has 1 saturated heterocycles. The first-order valence-corrected chi connectivity index (χ1v) is 5.82. The van der Waals surface area contributed by atoms with Gasteiger partial charge in [0.25, 0.3) is 0 Å². The molecule has 1 rings (SSSR count). The lowest BCUT2D eigenvalue weighted by molar-refractivity contribution is -0.122. The first-order valence-electron chi connectivity index (χ1n) is 5.82. The molecule has 0 spiro atoms. The second kappa shape index (κ2) is 6.08. The van der Waals surface area contributed by atoms with E-state index < -0.39 is 0 Å². The maximum atomic E-state index is 11.4. The number of aliphatic hydroxyl groups is 1. The molecule has 0 aromatic heterocycles. The van der Waals surface area contributed by atoms with E-state index in [1.807, 2.05) is 13.8 Å². The van der Waals surface area contributed by atoms with Crippen LogP contribution in [0.2, 0.25) is 0 Å². The van der Waals surface area contributed by atoms with Gasteiger partial charge in [0.1, 0.15) is 0 Å². The fourth-order valence-corrected chi connectivity index (χ4v) is 2.20. The molecule has 0 radical (unpaired) electrons. The molecule has 2 N–H and O–H groups in total. The highest BCUT2D eigenvalue weighted by molar-refractivity contribution is 5.78. The Kier molecular flexibility index (Phi) is 5.05. The number of amides is 1. The molecule has 1 aliphatic heterocycles. The van der Waals surface area contributed by atoms with Crippen molar-refractivity contribution in [2.75, 3.05) is 19.6 Å². The molecular weight excluding hydrogens is 192 g/mol. The van der Waals surface area contributed by atoms with Gasteiger partial charge in [0.05, 0.1) is 12.6 Å². The molecule has 4 nitrogen and oxygen atoms in total. The third-order valence-corrected chi connectivity index (χ3v) is 2.83. The summed E-state index contributed by atoms with van der Waals surface area (Å²) in [5, 5.41) is 12.1. The van der Waals surface area contributed by atoms with Gasteiger partial charge in [-0.05, 0) is 39.7 Å². The van der Waals surface area contributed by atoms with Gasteiger partial charge in [-0.3, -0.25) is 9.69 Å². The lowest BCUT2D eigenvalue weighted by Gasteiger charge is -2.24. The number of aliphatic hydroxyl groups excluding tert-OH is 1. The molecule has 2 unspecified atom stereocenters. The van der Waals surface area contributed by atoms with E-state index in [4.69, 9.17) is 0 Å². The lowest BCUT2D eigenvalue weighted by Crippen LogP contribution is -2.40. The summed E-state index contributed by atoms with van der Waals surface area (Å²) in [6, 6.07) is 0.382. The van der Waals surface area contributed by atoms with Crippen LogP contribution in [0.4, 0.5) is 0 Å². The molecule has 0 aromatic rings. The molecule has 1 amide bonds. The summed E-state index contributed by atoms with van der Waals surface area (Å²) in [4.78, 5) is 13.6. The normalized spacial score (nSPS) is 24.1. The van der Waals surface area contributed by atoms with Crippen molar-refractivity contribution in [3.8, 4) is 0 Å². The summed E-state index contributed by atoms with van der Waals surface area (Å²) < 4.78 is 0. The number of nitrogens with one attached hydrogen (secondary N) is 1. The van der Waals surface area contributed by atoms with Gasteiger partial charge in [-0.2, -0.15) is 0 Å². The number of likely N-dealkylation sites (tertiary alicyclic amines) is 1. The predicted octanol–water partition coefficient (Wildman–Crippen LogP) is 0.358. The zero-order valence-corrected chi connectivity index (χ0v) is 9.70. The van der Waals surface area contributed by atoms with Crippen molar-refractivity contribution in [2.45, 2.75) is 45.3 Å². The van der Waals surface area contributed by atoms with Crippen molar-refractivity contribution in [3.05, 3.63) is 0 Å². The first kappa shape index (κ1) is 12.5. The Morgan fingerprint density at radius 2 is 2.40 bits per heavy atom. The number of likely N-dealkylation sites (N-methyl/N-ethyl adjacent to an activating group) is 1. The minimum absolute atomic E-state index is 0.0926. The monoisotopic (exact) mass is 214 g/mol. The third-order valence-electron chi connectivity index (χ3n) is 2.83. The van der Waals surface area contributed by atoms with Crippen molar-refractivity contribution in [1.29, 1.82) is 0 Å². The number of carbonyl (C=O) groups is 1. The van der Waals surface area contributed by atoms with Crippen molar-refractivity contribution >= 4 is 5.91 Å². The topological polar surface area (TPSA) is 52.6 Å². The number of rotatable bonds is 5. The lowest BCUT2D eigenvalue weighted by atomic mass is 10.1. The Labute approximate surface area is 91.6 Å². The zero-order valence-electron chi connectivity index (χ0n) is 9.70. The highest BCUT2D eigenvalue weighted by atomic mass is 16.3. The van der Waals surface area contributed by atoms with Crippen LogP contribution in [0, 0.1) is 0 Å². The molecule has 88 valence electrons. The minimum Gasteiger partial charge on any atom is -0.393 e. The maximum Gasteiger partial charge on any atom is 0.234 e. The summed E-state index contributed by atoms with van der Waals surface area (Å²) in [7, 11) is 0. The van der Waals surface area contributed by atoms with Crippen LogP contribution >= 0.6 is 0 Å². The number of hydrogen-bond acceptors (Lipinski definition) is 3. The molecule has 15 heavy (non-hydrogen) atoms. The van der Waals surface area contributed by atoms with Crippen LogP contribution < -0.4 is 5.32 Å². The van der Waals surface area contributed by atoms with Gasteiger partial charge in [0, 0.05) is 12.6 Å². The van der Waals surface area contributed by atoms with Crippen LogP contribution in [0.5, 0.6) is 0 Å². The van der Waals surface area contributed by atoms with Crippen LogP contribution in [0.15, 0.2) is 0 Å². The Hall–Kier alpha value is -0.610. The summed E-state index contributed by atoms with van der Waals surface area (Å²) in [5.41, 5.74) is 0. The van der Waals surface area contributed by atoms with Crippen molar-refractivity contribution in [1.82, 2.24) is 10.2 Å². The van der Waals surface area contributed by atoms with Gasteiger partial charge in [-0.25, -0.2) is 0 Å². The van der Waals surface area contributed by atoms with E-state index >= 15 is 0 Å². The fraction of sp³-hybridized carbons (Fsp3) is 0.909. The van der Waals surface area contributed by atoms with Crippen LogP contribution in [0.25, 0.3) is 0 Å². The van der Waals surface area contributed by atoms with E-state index in [1.165, 1.54) is 0 Å². The summed E-state index contributed by atoms with van der Waals surface area (Å²) in [6.45, 7) is 5.88. The van der Waals surface area contributed by atoms with Gasteiger partial charge < -0.3 is 10.4 Å². The van der Waals surface area contributed by atoms with Gasteiger partial charge in [-0.1, -0.05) is 0 Å². The highest BCUT2D eigenvalue weighted by Gasteiger charge is 2.26. The molecule has 4 heteroatoms. The third kappa shape index (κ3) is 4.18. The van der Waals surface area contributed by atoms with Gasteiger partial charge in [-0.15, -0.1) is 0 Å². The SMILES string of the molecule is CCNC(=O)CN1CCCC1CC(C)O. The second-order valence-electron chi connectivity index (χ2n) is 4.30. The molecule has 0 aromatic carbocycles. The molecule has 1 heterocycles. The Morgan fingerprint density at radius 1 is 1.67 bits per heavy atom. The quantitative estimate of drug-likeness (QED) is 0.694. The van der Waals surface area contributed by atoms with Crippen LogP contribution in [0.1, 0.15) is 33.1 Å². The minimum atomic E-state index is -0.273. The van der Waals surface area contributed by atoms with Crippen LogP contribution in [-0.4, -0.2) is 47.7 Å². The van der Waals surface area contributed by atoms with E-state index in [-0.39, 0.29) is 12.0 Å². The first-order chi connectivity index (χ1) is 7.13. The smallest absolute Gasteiger partial charge is 0.234 e. The number of nitrogens with zero attached hydrogens (tertiary/aromatic N) is 1. The molecule has 0 bridgehead atoms. The highest BCUT2D eigenvalue weighted by Crippen LogP contribution is 2.20. The van der Waals surface area contributed by atoms with E-state index in [0.717, 1.165) is 25.8 Å². The van der Waals surface area contributed by atoms with Crippen LogP contribution in [-0.2, 0) is 4.79 Å². The summed E-state index contributed by atoms with van der Waals surface area (Å²) in [6.07, 6.45) is 2.74. The standard InChI is InChI=1S/C11H22N2O2/c1-3-12-11(15)8-13-6-4-5-10(13)7-9(2)14/h9-10,14H,3-8H2,1-2H3,(H,12,15). The summed E-state index contributed by atoms with van der Waals surface area (Å²) in [5.74, 6) is 0.0926. The molecule has 0 aliphatic carbocycles. The molecular formula is C11H22N2O2. The Bertz CT molecular complexity index is 207. The fourth-order valence-electron chi connectivity index (χ4n) is 2.20. The Morgan fingerprint density at radius 3 is 3.00 bits per heavy atom.